The molecule has 0 aliphatic carbocycles. The van der Waals surface area contributed by atoms with Crippen molar-refractivity contribution < 1.29 is 5.11 Å². The van der Waals surface area contributed by atoms with Gasteiger partial charge in [-0.2, -0.15) is 5.26 Å². The number of likely N-dealkylation sites (N-methyl/N-ethyl adjacent to an activating group) is 1. The predicted molar refractivity (Wildman–Crippen MR) is 82.7 cm³/mol. The number of benzene rings is 1. The molecule has 0 aromatic heterocycles. The minimum Gasteiger partial charge on any atom is -0.389 e. The van der Waals surface area contributed by atoms with Crippen LogP contribution in [0.2, 0.25) is 0 Å². The van der Waals surface area contributed by atoms with Gasteiger partial charge >= 0.3 is 0 Å². The molecule has 1 rings (SSSR count). The lowest BCUT2D eigenvalue weighted by molar-refractivity contribution is 0.0886. The van der Waals surface area contributed by atoms with Gasteiger partial charge in [-0.1, -0.05) is 19.9 Å². The summed E-state index contributed by atoms with van der Waals surface area (Å²) < 4.78 is 0. The first-order valence-corrected chi connectivity index (χ1v) is 6.93. The fraction of sp³-hybridized carbons (Fsp3) is 0.562. The lowest BCUT2D eigenvalue weighted by atomic mass is 10.1. The standard InChI is InChI=1S/C16H25N3O/c1-12(2)18-10-13-6-7-15(14(8-13)9-17)19(5)11-16(3,4)20/h6-8,12,18,20H,10-11H2,1-5H3. The number of anilines is 1. The lowest BCUT2D eigenvalue weighted by Gasteiger charge is -2.28. The van der Waals surface area contributed by atoms with Crippen LogP contribution < -0.4 is 10.2 Å². The first-order chi connectivity index (χ1) is 9.23. The summed E-state index contributed by atoms with van der Waals surface area (Å²) in [6.07, 6.45) is 0. The van der Waals surface area contributed by atoms with E-state index in [1.807, 2.05) is 30.1 Å². The zero-order valence-electron chi connectivity index (χ0n) is 13.1. The van der Waals surface area contributed by atoms with Gasteiger partial charge in [0.25, 0.3) is 0 Å². The largest absolute Gasteiger partial charge is 0.389 e. The van der Waals surface area contributed by atoms with E-state index in [-0.39, 0.29) is 0 Å². The van der Waals surface area contributed by atoms with Crippen molar-refractivity contribution in [2.75, 3.05) is 18.5 Å². The molecule has 20 heavy (non-hydrogen) atoms. The molecule has 0 amide bonds. The second kappa shape index (κ2) is 6.74. The molecule has 0 aliphatic heterocycles. The Morgan fingerprint density at radius 3 is 2.55 bits per heavy atom. The molecule has 0 bridgehead atoms. The molecule has 0 heterocycles. The summed E-state index contributed by atoms with van der Waals surface area (Å²) in [7, 11) is 1.89. The van der Waals surface area contributed by atoms with Gasteiger partial charge < -0.3 is 15.3 Å². The van der Waals surface area contributed by atoms with Gasteiger partial charge in [0.2, 0.25) is 0 Å². The molecule has 0 atom stereocenters. The number of hydrogen-bond donors (Lipinski definition) is 2. The maximum Gasteiger partial charge on any atom is 0.101 e. The number of aliphatic hydroxyl groups is 1. The molecule has 0 saturated carbocycles. The van der Waals surface area contributed by atoms with Crippen LogP contribution in [0, 0.1) is 11.3 Å². The van der Waals surface area contributed by atoms with E-state index in [1.165, 1.54) is 0 Å². The van der Waals surface area contributed by atoms with Crippen molar-refractivity contribution in [1.82, 2.24) is 5.32 Å². The lowest BCUT2D eigenvalue weighted by Crippen LogP contribution is -2.36. The summed E-state index contributed by atoms with van der Waals surface area (Å²) in [6, 6.07) is 8.53. The highest BCUT2D eigenvalue weighted by atomic mass is 16.3. The normalized spacial score (nSPS) is 11.5. The van der Waals surface area contributed by atoms with Crippen LogP contribution in [0.5, 0.6) is 0 Å². The second-order valence-corrected chi connectivity index (χ2v) is 6.17. The minimum absolute atomic E-state index is 0.415. The molecule has 0 unspecified atom stereocenters. The van der Waals surface area contributed by atoms with Crippen LogP contribution in [0.1, 0.15) is 38.8 Å². The van der Waals surface area contributed by atoms with E-state index in [0.717, 1.165) is 17.8 Å². The smallest absolute Gasteiger partial charge is 0.101 e. The third-order valence-corrected chi connectivity index (χ3v) is 2.93. The van der Waals surface area contributed by atoms with E-state index in [9.17, 15) is 10.4 Å². The molecule has 0 fully saturated rings. The highest BCUT2D eigenvalue weighted by Crippen LogP contribution is 2.22. The maximum absolute atomic E-state index is 9.88. The fourth-order valence-corrected chi connectivity index (χ4v) is 2.10. The number of nitrogens with one attached hydrogen (secondary N) is 1. The topological polar surface area (TPSA) is 59.3 Å². The molecule has 110 valence electrons. The summed E-state index contributed by atoms with van der Waals surface area (Å²) in [5.74, 6) is 0. The number of rotatable bonds is 6. The number of hydrogen-bond acceptors (Lipinski definition) is 4. The van der Waals surface area contributed by atoms with Gasteiger partial charge in [0.15, 0.2) is 0 Å². The van der Waals surface area contributed by atoms with Crippen molar-refractivity contribution in [3.8, 4) is 6.07 Å². The molecule has 4 heteroatoms. The van der Waals surface area contributed by atoms with Crippen LogP contribution in [-0.4, -0.2) is 30.3 Å². The Kier molecular flexibility index (Phi) is 5.55. The van der Waals surface area contributed by atoms with Crippen LogP contribution in [-0.2, 0) is 6.54 Å². The first-order valence-electron chi connectivity index (χ1n) is 6.93. The van der Waals surface area contributed by atoms with Gasteiger partial charge in [0.1, 0.15) is 6.07 Å². The van der Waals surface area contributed by atoms with Crippen molar-refractivity contribution in [3.05, 3.63) is 29.3 Å². The van der Waals surface area contributed by atoms with E-state index in [4.69, 9.17) is 0 Å². The Morgan fingerprint density at radius 2 is 2.05 bits per heavy atom. The molecule has 1 aromatic rings. The van der Waals surface area contributed by atoms with Gasteiger partial charge in [-0.05, 0) is 31.5 Å². The quantitative estimate of drug-likeness (QED) is 0.836. The minimum atomic E-state index is -0.792. The van der Waals surface area contributed by atoms with Crippen molar-refractivity contribution in [1.29, 1.82) is 5.26 Å². The maximum atomic E-state index is 9.88. The summed E-state index contributed by atoms with van der Waals surface area (Å²) in [4.78, 5) is 1.91. The van der Waals surface area contributed by atoms with E-state index in [1.54, 1.807) is 13.8 Å². The van der Waals surface area contributed by atoms with E-state index < -0.39 is 5.60 Å². The van der Waals surface area contributed by atoms with E-state index >= 15 is 0 Å². The van der Waals surface area contributed by atoms with Crippen LogP contribution in [0.25, 0.3) is 0 Å². The highest BCUT2D eigenvalue weighted by molar-refractivity contribution is 5.60. The zero-order chi connectivity index (χ0) is 15.3. The van der Waals surface area contributed by atoms with Crippen LogP contribution in [0.4, 0.5) is 5.69 Å². The molecular weight excluding hydrogens is 250 g/mol. The molecular formula is C16H25N3O. The Bertz CT molecular complexity index is 483. The summed E-state index contributed by atoms with van der Waals surface area (Å²) in [6.45, 7) is 8.94. The van der Waals surface area contributed by atoms with Crippen LogP contribution >= 0.6 is 0 Å². The molecule has 2 N–H and O–H groups in total. The van der Waals surface area contributed by atoms with Crippen molar-refractivity contribution in [2.24, 2.45) is 0 Å². The van der Waals surface area contributed by atoms with Gasteiger partial charge in [0.05, 0.1) is 16.9 Å². The zero-order valence-corrected chi connectivity index (χ0v) is 13.1. The Balaban J connectivity index is 2.91. The monoisotopic (exact) mass is 275 g/mol. The van der Waals surface area contributed by atoms with Crippen molar-refractivity contribution in [2.45, 2.75) is 45.9 Å². The average molecular weight is 275 g/mol. The average Bonchev–Trinajstić information content (AvgIpc) is 2.33. The second-order valence-electron chi connectivity index (χ2n) is 6.17. The van der Waals surface area contributed by atoms with Crippen LogP contribution in [0.3, 0.4) is 0 Å². The molecule has 4 nitrogen and oxygen atoms in total. The summed E-state index contributed by atoms with van der Waals surface area (Å²) in [5, 5.41) is 22.5. The predicted octanol–water partition coefficient (Wildman–Crippen LogP) is 2.26. The third kappa shape index (κ3) is 5.20. The van der Waals surface area contributed by atoms with E-state index in [0.29, 0.717) is 18.2 Å². The van der Waals surface area contributed by atoms with Crippen molar-refractivity contribution >= 4 is 5.69 Å². The third-order valence-electron chi connectivity index (χ3n) is 2.93. The Hall–Kier alpha value is -1.57. The first kappa shape index (κ1) is 16.5. The van der Waals surface area contributed by atoms with E-state index in [2.05, 4.69) is 25.2 Å². The molecule has 0 radical (unpaired) electrons. The number of nitrogens with zero attached hydrogens (tertiary/aromatic N) is 2. The fourth-order valence-electron chi connectivity index (χ4n) is 2.10. The molecule has 0 saturated heterocycles. The van der Waals surface area contributed by atoms with Crippen molar-refractivity contribution in [3.63, 3.8) is 0 Å². The summed E-state index contributed by atoms with van der Waals surface area (Å²) >= 11 is 0. The SMILES string of the molecule is CC(C)NCc1ccc(N(C)CC(C)(C)O)c(C#N)c1. The van der Waals surface area contributed by atoms with Crippen LogP contribution in [0.15, 0.2) is 18.2 Å². The highest BCUT2D eigenvalue weighted by Gasteiger charge is 2.18. The number of nitriles is 1. The Labute approximate surface area is 122 Å². The van der Waals surface area contributed by atoms with Gasteiger partial charge in [0, 0.05) is 26.2 Å². The molecule has 1 aromatic carbocycles. The molecule has 0 spiro atoms. The Morgan fingerprint density at radius 1 is 1.40 bits per heavy atom. The molecule has 0 aliphatic rings. The van der Waals surface area contributed by atoms with Gasteiger partial charge in [-0.3, -0.25) is 0 Å². The van der Waals surface area contributed by atoms with Gasteiger partial charge in [-0.15, -0.1) is 0 Å². The van der Waals surface area contributed by atoms with Gasteiger partial charge in [-0.25, -0.2) is 0 Å². The summed E-state index contributed by atoms with van der Waals surface area (Å²) in [5.41, 5.74) is 1.79.